The lowest BCUT2D eigenvalue weighted by Crippen LogP contribution is -2.41. The molecule has 0 atom stereocenters. The Kier molecular flexibility index (Phi) is 6.67. The highest BCUT2D eigenvalue weighted by Crippen LogP contribution is 2.13. The summed E-state index contributed by atoms with van der Waals surface area (Å²) in [6, 6.07) is 8.02. The Morgan fingerprint density at radius 2 is 1.73 bits per heavy atom. The van der Waals surface area contributed by atoms with Crippen molar-refractivity contribution in [3.63, 3.8) is 0 Å². The van der Waals surface area contributed by atoms with E-state index in [2.05, 4.69) is 4.90 Å². The predicted octanol–water partition coefficient (Wildman–Crippen LogP) is 2.08. The van der Waals surface area contributed by atoms with Crippen molar-refractivity contribution < 1.29 is 9.59 Å². The Labute approximate surface area is 156 Å². The van der Waals surface area contributed by atoms with E-state index in [4.69, 9.17) is 0 Å². The maximum absolute atomic E-state index is 12.7. The monoisotopic (exact) mass is 357 g/mol. The number of hydrogen-bond acceptors (Lipinski definition) is 3. The SMILES string of the molecule is Cc1ccccc1CC(=O)N1CCC(=O)N(CCN2CCCCC2)CC1. The maximum Gasteiger partial charge on any atom is 0.227 e. The molecule has 0 bridgehead atoms. The summed E-state index contributed by atoms with van der Waals surface area (Å²) in [6.45, 7) is 7.96. The van der Waals surface area contributed by atoms with E-state index in [9.17, 15) is 9.59 Å². The van der Waals surface area contributed by atoms with Gasteiger partial charge in [0.2, 0.25) is 11.8 Å². The van der Waals surface area contributed by atoms with Crippen LogP contribution in [0.15, 0.2) is 24.3 Å². The minimum atomic E-state index is 0.130. The fraction of sp³-hybridized carbons (Fsp3) is 0.619. The third-order valence-corrected chi connectivity index (χ3v) is 5.68. The average Bonchev–Trinajstić information content (AvgIpc) is 2.84. The van der Waals surface area contributed by atoms with Gasteiger partial charge in [-0.05, 0) is 44.0 Å². The largest absolute Gasteiger partial charge is 0.340 e. The molecule has 142 valence electrons. The smallest absolute Gasteiger partial charge is 0.227 e. The Bertz CT molecular complexity index is 625. The van der Waals surface area contributed by atoms with Gasteiger partial charge in [0.15, 0.2) is 0 Å². The van der Waals surface area contributed by atoms with Gasteiger partial charge in [-0.15, -0.1) is 0 Å². The summed E-state index contributed by atoms with van der Waals surface area (Å²) < 4.78 is 0. The molecule has 0 N–H and O–H groups in total. The van der Waals surface area contributed by atoms with Crippen molar-refractivity contribution in [1.29, 1.82) is 0 Å². The van der Waals surface area contributed by atoms with Crippen LogP contribution in [0.5, 0.6) is 0 Å². The van der Waals surface area contributed by atoms with Crippen molar-refractivity contribution in [2.75, 3.05) is 45.8 Å². The highest BCUT2D eigenvalue weighted by atomic mass is 16.2. The molecule has 0 aliphatic carbocycles. The lowest BCUT2D eigenvalue weighted by Gasteiger charge is -2.29. The summed E-state index contributed by atoms with van der Waals surface area (Å²) in [7, 11) is 0. The van der Waals surface area contributed by atoms with Crippen molar-refractivity contribution in [3.8, 4) is 0 Å². The zero-order valence-electron chi connectivity index (χ0n) is 16.0. The third kappa shape index (κ3) is 5.07. The van der Waals surface area contributed by atoms with Gasteiger partial charge in [-0.2, -0.15) is 0 Å². The van der Waals surface area contributed by atoms with Crippen molar-refractivity contribution >= 4 is 11.8 Å². The Morgan fingerprint density at radius 3 is 2.50 bits per heavy atom. The molecule has 2 saturated heterocycles. The molecule has 3 rings (SSSR count). The molecule has 2 heterocycles. The van der Waals surface area contributed by atoms with Crippen LogP contribution in [0.2, 0.25) is 0 Å². The van der Waals surface area contributed by atoms with E-state index in [1.165, 1.54) is 19.3 Å². The minimum Gasteiger partial charge on any atom is -0.340 e. The standard InChI is InChI=1S/C21H31N3O2/c1-18-7-3-4-8-19(18)17-21(26)23-12-9-20(25)24(16-15-23)14-13-22-10-5-2-6-11-22/h3-4,7-8H,2,5-6,9-17H2,1H3. The molecule has 2 aliphatic rings. The van der Waals surface area contributed by atoms with E-state index in [0.29, 0.717) is 32.5 Å². The van der Waals surface area contributed by atoms with Crippen LogP contribution in [-0.4, -0.2) is 72.3 Å². The second-order valence-corrected chi connectivity index (χ2v) is 7.52. The number of amides is 2. The van der Waals surface area contributed by atoms with Gasteiger partial charge in [0.25, 0.3) is 0 Å². The molecule has 2 amide bonds. The number of likely N-dealkylation sites (tertiary alicyclic amines) is 1. The van der Waals surface area contributed by atoms with Crippen LogP contribution in [0.1, 0.15) is 36.8 Å². The van der Waals surface area contributed by atoms with E-state index >= 15 is 0 Å². The second-order valence-electron chi connectivity index (χ2n) is 7.52. The topological polar surface area (TPSA) is 43.9 Å². The highest BCUT2D eigenvalue weighted by molar-refractivity contribution is 5.81. The number of carbonyl (C=O) groups is 2. The molecule has 1 aromatic rings. The molecule has 0 saturated carbocycles. The number of aryl methyl sites for hydroxylation is 1. The fourth-order valence-electron chi connectivity index (χ4n) is 3.88. The van der Waals surface area contributed by atoms with Crippen LogP contribution in [0, 0.1) is 6.92 Å². The van der Waals surface area contributed by atoms with E-state index in [0.717, 1.165) is 37.3 Å². The molecule has 0 spiro atoms. The predicted molar refractivity (Wildman–Crippen MR) is 103 cm³/mol. The number of nitrogens with zero attached hydrogens (tertiary/aromatic N) is 3. The van der Waals surface area contributed by atoms with Crippen LogP contribution in [0.25, 0.3) is 0 Å². The van der Waals surface area contributed by atoms with E-state index in [1.54, 1.807) is 0 Å². The average molecular weight is 357 g/mol. The summed E-state index contributed by atoms with van der Waals surface area (Å²) in [6.07, 6.45) is 4.75. The summed E-state index contributed by atoms with van der Waals surface area (Å²) >= 11 is 0. The Hall–Kier alpha value is -1.88. The Balaban J connectivity index is 1.50. The van der Waals surface area contributed by atoms with Gasteiger partial charge in [-0.1, -0.05) is 30.7 Å². The van der Waals surface area contributed by atoms with Gasteiger partial charge < -0.3 is 14.7 Å². The summed E-state index contributed by atoms with van der Waals surface area (Å²) in [5.41, 5.74) is 2.23. The number of hydrogen-bond donors (Lipinski definition) is 0. The first-order valence-electron chi connectivity index (χ1n) is 9.96. The maximum atomic E-state index is 12.7. The first kappa shape index (κ1) is 18.9. The molecule has 0 radical (unpaired) electrons. The zero-order valence-corrected chi connectivity index (χ0v) is 16.0. The number of carbonyl (C=O) groups excluding carboxylic acids is 2. The van der Waals surface area contributed by atoms with Crippen molar-refractivity contribution in [2.24, 2.45) is 0 Å². The van der Waals surface area contributed by atoms with Crippen LogP contribution < -0.4 is 0 Å². The van der Waals surface area contributed by atoms with E-state index in [-0.39, 0.29) is 11.8 Å². The second kappa shape index (κ2) is 9.17. The number of rotatable bonds is 5. The highest BCUT2D eigenvalue weighted by Gasteiger charge is 2.24. The van der Waals surface area contributed by atoms with Gasteiger partial charge in [0.1, 0.15) is 0 Å². The van der Waals surface area contributed by atoms with E-state index < -0.39 is 0 Å². The molecule has 2 fully saturated rings. The van der Waals surface area contributed by atoms with Crippen LogP contribution in [0.4, 0.5) is 0 Å². The summed E-state index contributed by atoms with van der Waals surface area (Å²) in [4.78, 5) is 31.4. The van der Waals surface area contributed by atoms with Gasteiger partial charge in [-0.25, -0.2) is 0 Å². The lowest BCUT2D eigenvalue weighted by atomic mass is 10.1. The fourth-order valence-corrected chi connectivity index (χ4v) is 3.88. The van der Waals surface area contributed by atoms with Crippen molar-refractivity contribution in [3.05, 3.63) is 35.4 Å². The summed E-state index contributed by atoms with van der Waals surface area (Å²) in [5.74, 6) is 0.318. The number of benzene rings is 1. The van der Waals surface area contributed by atoms with Gasteiger partial charge in [0.05, 0.1) is 6.42 Å². The summed E-state index contributed by atoms with van der Waals surface area (Å²) in [5, 5.41) is 0. The molecule has 5 nitrogen and oxygen atoms in total. The van der Waals surface area contributed by atoms with Crippen LogP contribution >= 0.6 is 0 Å². The van der Waals surface area contributed by atoms with Gasteiger partial charge in [0, 0.05) is 39.1 Å². The first-order chi connectivity index (χ1) is 12.6. The van der Waals surface area contributed by atoms with E-state index in [1.807, 2.05) is 41.0 Å². The zero-order chi connectivity index (χ0) is 18.4. The lowest BCUT2D eigenvalue weighted by molar-refractivity contribution is -0.130. The normalized spacial score (nSPS) is 19.5. The molecule has 1 aromatic carbocycles. The van der Waals surface area contributed by atoms with Crippen LogP contribution in [0.3, 0.4) is 0 Å². The molecule has 26 heavy (non-hydrogen) atoms. The first-order valence-corrected chi connectivity index (χ1v) is 9.96. The molecule has 0 aromatic heterocycles. The molecule has 2 aliphatic heterocycles. The molecule has 5 heteroatoms. The third-order valence-electron chi connectivity index (χ3n) is 5.68. The minimum absolute atomic E-state index is 0.130. The molecular weight excluding hydrogens is 326 g/mol. The van der Waals surface area contributed by atoms with Crippen LogP contribution in [-0.2, 0) is 16.0 Å². The van der Waals surface area contributed by atoms with Crippen molar-refractivity contribution in [1.82, 2.24) is 14.7 Å². The molecular formula is C21H31N3O2. The number of piperidine rings is 1. The van der Waals surface area contributed by atoms with Gasteiger partial charge >= 0.3 is 0 Å². The Morgan fingerprint density at radius 1 is 0.962 bits per heavy atom. The quantitative estimate of drug-likeness (QED) is 0.810. The molecule has 0 unspecified atom stereocenters. The van der Waals surface area contributed by atoms with Crippen molar-refractivity contribution in [2.45, 2.75) is 39.0 Å². The van der Waals surface area contributed by atoms with Gasteiger partial charge in [-0.3, -0.25) is 9.59 Å².